The molecule has 3 heterocycles. The summed E-state index contributed by atoms with van der Waals surface area (Å²) in [5.74, 6) is -0.144. The SMILES string of the molecule is CC(C(=O)n1ccc2c(-c3cnn(C4CCC(CCC#N)C4)c3)ncnc21)c1cccc(C(=O)c2ccccc2)c1. The molecule has 8 heteroatoms. The standard InChI is InChI=1S/C33H30N6O2/c1-22(25-10-5-11-26(18-25)31(40)24-8-3-2-4-9-24)33(41)38-16-14-29-30(35-21-36-32(29)38)27-19-37-39(20-27)28-13-12-23(17-28)7-6-15-34/h2-5,8-11,14,16,18-23,28H,6-7,12-13,17H2,1H3. The van der Waals surface area contributed by atoms with Crippen molar-refractivity contribution in [3.63, 3.8) is 0 Å². The molecule has 0 bridgehead atoms. The summed E-state index contributed by atoms with van der Waals surface area (Å²) in [6, 6.07) is 20.8. The first-order valence-electron chi connectivity index (χ1n) is 14.0. The molecule has 3 aromatic heterocycles. The van der Waals surface area contributed by atoms with Crippen molar-refractivity contribution in [2.45, 2.75) is 51.0 Å². The van der Waals surface area contributed by atoms with E-state index in [2.05, 4.69) is 21.1 Å². The van der Waals surface area contributed by atoms with Gasteiger partial charge in [-0.1, -0.05) is 48.5 Å². The van der Waals surface area contributed by atoms with Crippen LogP contribution in [0.1, 0.15) is 77.3 Å². The number of ketones is 1. The summed E-state index contributed by atoms with van der Waals surface area (Å²) in [5, 5.41) is 14.3. The van der Waals surface area contributed by atoms with Crippen LogP contribution in [-0.4, -0.2) is 36.0 Å². The number of fused-ring (bicyclic) bond motifs is 1. The molecule has 8 nitrogen and oxygen atoms in total. The van der Waals surface area contributed by atoms with Gasteiger partial charge >= 0.3 is 0 Å². The predicted octanol–water partition coefficient (Wildman–Crippen LogP) is 6.61. The third-order valence-corrected chi connectivity index (χ3v) is 8.20. The minimum atomic E-state index is -0.494. The molecule has 1 aliphatic carbocycles. The van der Waals surface area contributed by atoms with E-state index >= 15 is 0 Å². The van der Waals surface area contributed by atoms with Crippen LogP contribution in [0.25, 0.3) is 22.3 Å². The quantitative estimate of drug-likeness (QED) is 0.204. The molecule has 1 aliphatic rings. The van der Waals surface area contributed by atoms with Crippen LogP contribution in [0, 0.1) is 17.2 Å². The molecule has 1 fully saturated rings. The van der Waals surface area contributed by atoms with E-state index in [9.17, 15) is 9.59 Å². The molecule has 3 unspecified atom stereocenters. The molecule has 6 rings (SSSR count). The van der Waals surface area contributed by atoms with Crippen LogP contribution in [0.5, 0.6) is 0 Å². The summed E-state index contributed by atoms with van der Waals surface area (Å²) in [5.41, 5.74) is 4.07. The summed E-state index contributed by atoms with van der Waals surface area (Å²) >= 11 is 0. The van der Waals surface area contributed by atoms with E-state index in [0.29, 0.717) is 35.2 Å². The number of aromatic nitrogens is 5. The second-order valence-electron chi connectivity index (χ2n) is 10.8. The first-order valence-corrected chi connectivity index (χ1v) is 14.0. The molecule has 204 valence electrons. The molecular weight excluding hydrogens is 512 g/mol. The highest BCUT2D eigenvalue weighted by atomic mass is 16.2. The summed E-state index contributed by atoms with van der Waals surface area (Å²) in [7, 11) is 0. The van der Waals surface area contributed by atoms with Crippen molar-refractivity contribution in [1.82, 2.24) is 24.3 Å². The fourth-order valence-electron chi connectivity index (χ4n) is 5.90. The molecule has 0 spiro atoms. The van der Waals surface area contributed by atoms with Gasteiger partial charge in [0.1, 0.15) is 6.33 Å². The second-order valence-corrected chi connectivity index (χ2v) is 10.8. The lowest BCUT2D eigenvalue weighted by Crippen LogP contribution is -2.18. The highest BCUT2D eigenvalue weighted by molar-refractivity contribution is 6.09. The molecule has 0 amide bonds. The zero-order valence-electron chi connectivity index (χ0n) is 22.9. The number of benzene rings is 2. The first-order chi connectivity index (χ1) is 20.0. The Hall–Kier alpha value is -4.90. The highest BCUT2D eigenvalue weighted by Crippen LogP contribution is 2.37. The molecule has 0 radical (unpaired) electrons. The van der Waals surface area contributed by atoms with Crippen LogP contribution in [0.4, 0.5) is 0 Å². The van der Waals surface area contributed by atoms with Gasteiger partial charge in [0, 0.05) is 40.9 Å². The lowest BCUT2D eigenvalue weighted by Gasteiger charge is -2.13. The Morgan fingerprint density at radius 3 is 2.71 bits per heavy atom. The van der Waals surface area contributed by atoms with Crippen molar-refractivity contribution in [2.24, 2.45) is 5.92 Å². The average Bonchev–Trinajstić information content (AvgIpc) is 3.79. The van der Waals surface area contributed by atoms with Crippen LogP contribution in [-0.2, 0) is 0 Å². The van der Waals surface area contributed by atoms with E-state index in [1.165, 1.54) is 6.33 Å². The molecule has 2 aromatic carbocycles. The van der Waals surface area contributed by atoms with Gasteiger partial charge in [0.15, 0.2) is 11.4 Å². The molecule has 1 saturated carbocycles. The van der Waals surface area contributed by atoms with E-state index in [1.54, 1.807) is 35.0 Å². The van der Waals surface area contributed by atoms with Crippen LogP contribution < -0.4 is 0 Å². The number of hydrogen-bond donors (Lipinski definition) is 0. The number of nitrogens with zero attached hydrogens (tertiary/aromatic N) is 6. The van der Waals surface area contributed by atoms with Crippen molar-refractivity contribution in [3.05, 3.63) is 102 Å². The number of carbonyl (C=O) groups is 2. The molecule has 0 aliphatic heterocycles. The Morgan fingerprint density at radius 1 is 1.05 bits per heavy atom. The molecule has 0 saturated heterocycles. The van der Waals surface area contributed by atoms with Crippen LogP contribution in [0.2, 0.25) is 0 Å². The Morgan fingerprint density at radius 2 is 1.88 bits per heavy atom. The number of nitriles is 1. The maximum absolute atomic E-state index is 13.7. The summed E-state index contributed by atoms with van der Waals surface area (Å²) in [6.45, 7) is 1.85. The second kappa shape index (κ2) is 11.3. The smallest absolute Gasteiger partial charge is 0.239 e. The van der Waals surface area contributed by atoms with Gasteiger partial charge in [0.05, 0.1) is 29.9 Å². The Balaban J connectivity index is 1.23. The van der Waals surface area contributed by atoms with Crippen LogP contribution in [0.15, 0.2) is 85.6 Å². The van der Waals surface area contributed by atoms with Crippen LogP contribution >= 0.6 is 0 Å². The van der Waals surface area contributed by atoms with Gasteiger partial charge in [-0.3, -0.25) is 18.8 Å². The Kier molecular flexibility index (Phi) is 7.26. The normalized spacial score (nSPS) is 17.4. The van der Waals surface area contributed by atoms with Crippen LogP contribution in [0.3, 0.4) is 0 Å². The van der Waals surface area contributed by atoms with Gasteiger partial charge in [0.25, 0.3) is 0 Å². The third kappa shape index (κ3) is 5.19. The van der Waals surface area contributed by atoms with Gasteiger partial charge in [-0.05, 0) is 56.2 Å². The number of carbonyl (C=O) groups excluding carboxylic acids is 2. The van der Waals surface area contributed by atoms with E-state index in [0.717, 1.165) is 47.9 Å². The van der Waals surface area contributed by atoms with Gasteiger partial charge in [-0.2, -0.15) is 10.4 Å². The number of rotatable bonds is 8. The Bertz CT molecular complexity index is 1760. The topological polar surface area (TPSA) is 106 Å². The van der Waals surface area contributed by atoms with E-state index in [1.807, 2.05) is 60.4 Å². The molecular formula is C33H30N6O2. The summed E-state index contributed by atoms with van der Waals surface area (Å²) < 4.78 is 3.58. The monoisotopic (exact) mass is 542 g/mol. The molecule has 41 heavy (non-hydrogen) atoms. The van der Waals surface area contributed by atoms with E-state index in [4.69, 9.17) is 5.26 Å². The summed E-state index contributed by atoms with van der Waals surface area (Å²) in [6.07, 6.45) is 11.8. The lowest BCUT2D eigenvalue weighted by atomic mass is 9.95. The van der Waals surface area contributed by atoms with Crippen molar-refractivity contribution in [1.29, 1.82) is 5.26 Å². The maximum atomic E-state index is 13.7. The zero-order valence-corrected chi connectivity index (χ0v) is 22.9. The summed E-state index contributed by atoms with van der Waals surface area (Å²) in [4.78, 5) is 35.7. The molecule has 3 atom stereocenters. The lowest BCUT2D eigenvalue weighted by molar-refractivity contribution is 0.0888. The fourth-order valence-corrected chi connectivity index (χ4v) is 5.90. The van der Waals surface area contributed by atoms with Crippen molar-refractivity contribution in [3.8, 4) is 17.3 Å². The van der Waals surface area contributed by atoms with E-state index in [-0.39, 0.29) is 11.7 Å². The molecule has 5 aromatic rings. The maximum Gasteiger partial charge on any atom is 0.239 e. The number of hydrogen-bond acceptors (Lipinski definition) is 6. The van der Waals surface area contributed by atoms with Gasteiger partial charge in [-0.25, -0.2) is 9.97 Å². The minimum absolute atomic E-state index is 0.0771. The Labute approximate surface area is 238 Å². The zero-order chi connectivity index (χ0) is 28.3. The average molecular weight is 543 g/mol. The highest BCUT2D eigenvalue weighted by Gasteiger charge is 2.27. The minimum Gasteiger partial charge on any atom is -0.289 e. The van der Waals surface area contributed by atoms with Crippen molar-refractivity contribution in [2.75, 3.05) is 0 Å². The third-order valence-electron chi connectivity index (χ3n) is 8.20. The van der Waals surface area contributed by atoms with Gasteiger partial charge in [0.2, 0.25) is 5.91 Å². The van der Waals surface area contributed by atoms with Crippen molar-refractivity contribution >= 4 is 22.7 Å². The fraction of sp³-hybridized carbons (Fsp3) is 0.273. The first kappa shape index (κ1) is 26.3. The van der Waals surface area contributed by atoms with Crippen molar-refractivity contribution < 1.29 is 9.59 Å². The van der Waals surface area contributed by atoms with E-state index < -0.39 is 5.92 Å². The largest absolute Gasteiger partial charge is 0.289 e. The van der Waals surface area contributed by atoms with Gasteiger partial charge < -0.3 is 0 Å². The molecule has 0 N–H and O–H groups in total. The predicted molar refractivity (Wildman–Crippen MR) is 155 cm³/mol. The van der Waals surface area contributed by atoms with Gasteiger partial charge in [-0.15, -0.1) is 0 Å².